The van der Waals surface area contributed by atoms with Gasteiger partial charge in [0, 0.05) is 12.7 Å². The molecule has 0 aliphatic carbocycles. The third-order valence-electron chi connectivity index (χ3n) is 4.54. The fourth-order valence-corrected chi connectivity index (χ4v) is 3.12. The number of hydrogen-bond acceptors (Lipinski definition) is 4. The molecule has 0 radical (unpaired) electrons. The number of hydrazine groups is 1. The minimum atomic E-state index is -4.33. The van der Waals surface area contributed by atoms with Gasteiger partial charge in [-0.1, -0.05) is 30.3 Å². The summed E-state index contributed by atoms with van der Waals surface area (Å²) < 4.78 is 39.8. The van der Waals surface area contributed by atoms with Crippen LogP contribution >= 0.6 is 0 Å². The van der Waals surface area contributed by atoms with Crippen LogP contribution in [-0.2, 0) is 12.7 Å². The highest BCUT2D eigenvalue weighted by Gasteiger charge is 2.29. The van der Waals surface area contributed by atoms with E-state index in [1.807, 2.05) is 43.3 Å². The fraction of sp³-hybridized carbons (Fsp3) is 0.143. The van der Waals surface area contributed by atoms with Gasteiger partial charge in [-0.25, -0.2) is 15.1 Å². The van der Waals surface area contributed by atoms with Crippen LogP contribution in [0.1, 0.15) is 16.8 Å². The lowest BCUT2D eigenvalue weighted by atomic mass is 10.1. The smallest absolute Gasteiger partial charge is 0.320 e. The maximum Gasteiger partial charge on any atom is 0.416 e. The standard InChI is InChI=1S/C21H18F3N5/c1-14-19-18(27-26-13-15-7-9-16(10-8-15)21(22,23)24)11-12-25-20(19)29(28-14)17-5-3-2-4-6-17/h2-12,26H,13H2,1H3,(H,25,27). The monoisotopic (exact) mass is 397 g/mol. The molecule has 2 N–H and O–H groups in total. The van der Waals surface area contributed by atoms with Crippen LogP contribution in [0.3, 0.4) is 0 Å². The molecule has 0 spiro atoms. The lowest BCUT2D eigenvalue weighted by molar-refractivity contribution is -0.137. The molecule has 0 aliphatic heterocycles. The van der Waals surface area contributed by atoms with Crippen LogP contribution in [-0.4, -0.2) is 14.8 Å². The van der Waals surface area contributed by atoms with Crippen molar-refractivity contribution in [2.45, 2.75) is 19.6 Å². The molecule has 2 aromatic carbocycles. The van der Waals surface area contributed by atoms with E-state index in [0.717, 1.165) is 45.8 Å². The van der Waals surface area contributed by atoms with E-state index in [1.54, 1.807) is 10.9 Å². The minimum absolute atomic E-state index is 0.355. The summed E-state index contributed by atoms with van der Waals surface area (Å²) in [6.45, 7) is 2.26. The van der Waals surface area contributed by atoms with Crippen molar-refractivity contribution in [3.05, 3.63) is 83.7 Å². The van der Waals surface area contributed by atoms with Crippen LogP contribution < -0.4 is 10.9 Å². The summed E-state index contributed by atoms with van der Waals surface area (Å²) in [5.41, 5.74) is 9.48. The second kappa shape index (κ2) is 7.56. The number of para-hydroxylation sites is 1. The number of alkyl halides is 3. The van der Waals surface area contributed by atoms with E-state index in [9.17, 15) is 13.2 Å². The molecule has 0 saturated heterocycles. The first-order chi connectivity index (χ1) is 13.9. The first-order valence-electron chi connectivity index (χ1n) is 8.98. The lowest BCUT2D eigenvalue weighted by Crippen LogP contribution is -2.21. The van der Waals surface area contributed by atoms with Gasteiger partial charge < -0.3 is 5.43 Å². The summed E-state index contributed by atoms with van der Waals surface area (Å²) in [6, 6.07) is 16.6. The molecule has 5 nitrogen and oxygen atoms in total. The van der Waals surface area contributed by atoms with E-state index in [4.69, 9.17) is 0 Å². The highest BCUT2D eigenvalue weighted by Crippen LogP contribution is 2.29. The van der Waals surface area contributed by atoms with E-state index in [2.05, 4.69) is 20.9 Å². The van der Waals surface area contributed by atoms with Crippen LogP contribution in [0, 0.1) is 6.92 Å². The molecule has 0 bridgehead atoms. The Morgan fingerprint density at radius 1 is 0.966 bits per heavy atom. The Labute approximate surface area is 165 Å². The first-order valence-corrected chi connectivity index (χ1v) is 8.98. The minimum Gasteiger partial charge on any atom is -0.320 e. The Morgan fingerprint density at radius 2 is 1.69 bits per heavy atom. The third-order valence-corrected chi connectivity index (χ3v) is 4.54. The van der Waals surface area contributed by atoms with Crippen LogP contribution in [0.15, 0.2) is 66.9 Å². The number of nitrogens with zero attached hydrogens (tertiary/aromatic N) is 3. The number of aryl methyl sites for hydroxylation is 1. The zero-order chi connectivity index (χ0) is 20.4. The molecule has 4 rings (SSSR count). The number of hydrogen-bond donors (Lipinski definition) is 2. The van der Waals surface area contributed by atoms with Crippen LogP contribution in [0.4, 0.5) is 18.9 Å². The van der Waals surface area contributed by atoms with Crippen LogP contribution in [0.5, 0.6) is 0 Å². The van der Waals surface area contributed by atoms with Crippen LogP contribution in [0.25, 0.3) is 16.7 Å². The SMILES string of the molecule is Cc1nn(-c2ccccc2)c2nccc(NNCc3ccc(C(F)(F)F)cc3)c12. The van der Waals surface area contributed by atoms with Crippen LogP contribution in [0.2, 0.25) is 0 Å². The summed E-state index contributed by atoms with van der Waals surface area (Å²) in [6.07, 6.45) is -2.64. The van der Waals surface area contributed by atoms with E-state index < -0.39 is 11.7 Å². The Bertz CT molecular complexity index is 1120. The summed E-state index contributed by atoms with van der Waals surface area (Å²) in [5, 5.41) is 5.47. The molecule has 29 heavy (non-hydrogen) atoms. The Balaban J connectivity index is 1.52. The molecule has 148 valence electrons. The van der Waals surface area contributed by atoms with Gasteiger partial charge in [0.05, 0.1) is 28.0 Å². The Morgan fingerprint density at radius 3 is 2.38 bits per heavy atom. The van der Waals surface area contributed by atoms with Gasteiger partial charge in [0.25, 0.3) is 0 Å². The molecule has 0 saturated carbocycles. The summed E-state index contributed by atoms with van der Waals surface area (Å²) in [4.78, 5) is 4.46. The molecule has 0 unspecified atom stereocenters. The maximum atomic E-state index is 12.7. The predicted molar refractivity (Wildman–Crippen MR) is 106 cm³/mol. The largest absolute Gasteiger partial charge is 0.416 e. The van der Waals surface area contributed by atoms with Crippen molar-refractivity contribution in [2.75, 3.05) is 5.43 Å². The van der Waals surface area contributed by atoms with Crippen molar-refractivity contribution in [1.29, 1.82) is 0 Å². The summed E-state index contributed by atoms with van der Waals surface area (Å²) >= 11 is 0. The molecule has 4 aromatic rings. The van der Waals surface area contributed by atoms with Gasteiger partial charge in [-0.3, -0.25) is 0 Å². The number of rotatable bonds is 5. The highest BCUT2D eigenvalue weighted by molar-refractivity contribution is 5.92. The van der Waals surface area contributed by atoms with E-state index in [1.165, 1.54) is 12.1 Å². The molecular weight excluding hydrogens is 379 g/mol. The third kappa shape index (κ3) is 3.93. The number of aromatic nitrogens is 3. The quantitative estimate of drug-likeness (QED) is 0.472. The van der Waals surface area contributed by atoms with Gasteiger partial charge >= 0.3 is 6.18 Å². The topological polar surface area (TPSA) is 54.8 Å². The average Bonchev–Trinajstić information content (AvgIpc) is 3.06. The van der Waals surface area contributed by atoms with Crippen molar-refractivity contribution in [2.24, 2.45) is 0 Å². The van der Waals surface area contributed by atoms with E-state index >= 15 is 0 Å². The van der Waals surface area contributed by atoms with Crippen molar-refractivity contribution in [1.82, 2.24) is 20.2 Å². The van der Waals surface area contributed by atoms with Gasteiger partial charge in [-0.15, -0.1) is 0 Å². The van der Waals surface area contributed by atoms with Crippen molar-refractivity contribution < 1.29 is 13.2 Å². The van der Waals surface area contributed by atoms with Crippen molar-refractivity contribution >= 4 is 16.7 Å². The predicted octanol–water partition coefficient (Wildman–Crippen LogP) is 4.86. The van der Waals surface area contributed by atoms with Gasteiger partial charge in [0.15, 0.2) is 5.65 Å². The first kappa shape index (κ1) is 18.9. The molecule has 0 fully saturated rings. The number of pyridine rings is 1. The molecule has 8 heteroatoms. The highest BCUT2D eigenvalue weighted by atomic mass is 19.4. The molecule has 2 aromatic heterocycles. The summed E-state index contributed by atoms with van der Waals surface area (Å²) in [5.74, 6) is 0. The number of anilines is 1. The lowest BCUT2D eigenvalue weighted by Gasteiger charge is -2.11. The maximum absolute atomic E-state index is 12.7. The molecule has 2 heterocycles. The zero-order valence-electron chi connectivity index (χ0n) is 15.5. The van der Waals surface area contributed by atoms with E-state index in [-0.39, 0.29) is 0 Å². The van der Waals surface area contributed by atoms with Gasteiger partial charge in [0.1, 0.15) is 0 Å². The molecule has 0 atom stereocenters. The normalized spacial score (nSPS) is 11.7. The fourth-order valence-electron chi connectivity index (χ4n) is 3.12. The number of benzene rings is 2. The van der Waals surface area contributed by atoms with Gasteiger partial charge in [-0.2, -0.15) is 18.3 Å². The zero-order valence-corrected chi connectivity index (χ0v) is 15.5. The second-order valence-electron chi connectivity index (χ2n) is 6.56. The van der Waals surface area contributed by atoms with Crippen molar-refractivity contribution in [3.8, 4) is 5.69 Å². The number of halogens is 3. The average molecular weight is 397 g/mol. The molecule has 0 aliphatic rings. The van der Waals surface area contributed by atoms with Gasteiger partial charge in [0.2, 0.25) is 0 Å². The molecule has 0 amide bonds. The number of fused-ring (bicyclic) bond motifs is 1. The molecular formula is C21H18F3N5. The Hall–Kier alpha value is -3.39. The number of nitrogens with one attached hydrogen (secondary N) is 2. The van der Waals surface area contributed by atoms with Crippen molar-refractivity contribution in [3.63, 3.8) is 0 Å². The van der Waals surface area contributed by atoms with E-state index in [0.29, 0.717) is 6.54 Å². The summed E-state index contributed by atoms with van der Waals surface area (Å²) in [7, 11) is 0. The second-order valence-corrected chi connectivity index (χ2v) is 6.56. The Kier molecular flexibility index (Phi) is 4.94. The van der Waals surface area contributed by atoms with Gasteiger partial charge in [-0.05, 0) is 42.8 Å².